The van der Waals surface area contributed by atoms with Gasteiger partial charge in [-0.15, -0.1) is 13.2 Å². The highest BCUT2D eigenvalue weighted by molar-refractivity contribution is 6.01. The number of halogens is 3. The Morgan fingerprint density at radius 3 is 2.61 bits per heavy atom. The Kier molecular flexibility index (Phi) is 5.83. The van der Waals surface area contributed by atoms with Gasteiger partial charge in [0.1, 0.15) is 29.2 Å². The number of carbonyl (C=O) groups excluding carboxylic acids is 2. The molecule has 2 aromatic heterocycles. The molecule has 0 bridgehead atoms. The number of likely N-dealkylation sites (tertiary alicyclic amines) is 1. The van der Waals surface area contributed by atoms with E-state index in [0.717, 1.165) is 0 Å². The Balaban J connectivity index is 1.58. The van der Waals surface area contributed by atoms with Gasteiger partial charge < -0.3 is 25.3 Å². The van der Waals surface area contributed by atoms with E-state index in [0.29, 0.717) is 47.6 Å². The van der Waals surface area contributed by atoms with Crippen molar-refractivity contribution in [2.75, 3.05) is 18.4 Å². The number of primary amides is 1. The van der Waals surface area contributed by atoms with Crippen molar-refractivity contribution in [3.05, 3.63) is 42.4 Å². The molecule has 9 nitrogen and oxygen atoms in total. The van der Waals surface area contributed by atoms with Crippen molar-refractivity contribution in [2.24, 2.45) is 18.7 Å². The van der Waals surface area contributed by atoms with Gasteiger partial charge in [-0.3, -0.25) is 9.59 Å². The van der Waals surface area contributed by atoms with E-state index in [1.165, 1.54) is 30.6 Å². The van der Waals surface area contributed by atoms with Gasteiger partial charge in [0.15, 0.2) is 0 Å². The minimum atomic E-state index is -4.77. The molecule has 0 spiro atoms. The summed E-state index contributed by atoms with van der Waals surface area (Å²) in [6.07, 6.45) is -2.11. The van der Waals surface area contributed by atoms with E-state index < -0.39 is 12.3 Å². The maximum absolute atomic E-state index is 13.2. The molecule has 3 N–H and O–H groups in total. The van der Waals surface area contributed by atoms with Crippen LogP contribution in [0.2, 0.25) is 0 Å². The Morgan fingerprint density at radius 1 is 1.21 bits per heavy atom. The summed E-state index contributed by atoms with van der Waals surface area (Å²) in [5.41, 5.74) is 6.76. The molecule has 1 aliphatic heterocycles. The lowest BCUT2D eigenvalue weighted by atomic mass is 9.97. The standard InChI is InChI=1S/C21H21F3N6O3/c1-29-16(20(32)30-8-2-3-12(10-30)17(25)31)9-15-18(26-11-27-19(15)29)28-13-4-6-14(7-5-13)33-21(22,23)24/h4-7,9,11-12H,2-3,8,10H2,1H3,(H2,25,31)(H,26,27,28). The maximum Gasteiger partial charge on any atom is 0.573 e. The van der Waals surface area contributed by atoms with Gasteiger partial charge in [0.25, 0.3) is 5.91 Å². The summed E-state index contributed by atoms with van der Waals surface area (Å²) in [4.78, 5) is 34.8. The summed E-state index contributed by atoms with van der Waals surface area (Å²) in [5.74, 6) is -1.01. The summed E-state index contributed by atoms with van der Waals surface area (Å²) in [7, 11) is 1.70. The monoisotopic (exact) mass is 462 g/mol. The van der Waals surface area contributed by atoms with Crippen molar-refractivity contribution in [2.45, 2.75) is 19.2 Å². The molecule has 0 saturated carbocycles. The van der Waals surface area contributed by atoms with Crippen LogP contribution in [0.1, 0.15) is 23.3 Å². The highest BCUT2D eigenvalue weighted by Crippen LogP contribution is 2.29. The lowest BCUT2D eigenvalue weighted by Gasteiger charge is -2.31. The van der Waals surface area contributed by atoms with E-state index in [1.807, 2.05) is 0 Å². The first kappa shape index (κ1) is 22.4. The van der Waals surface area contributed by atoms with Crippen molar-refractivity contribution < 1.29 is 27.5 Å². The fourth-order valence-electron chi connectivity index (χ4n) is 3.87. The molecule has 0 aliphatic carbocycles. The minimum Gasteiger partial charge on any atom is -0.406 e. The van der Waals surface area contributed by atoms with E-state index in [9.17, 15) is 22.8 Å². The molecule has 12 heteroatoms. The minimum absolute atomic E-state index is 0.249. The summed E-state index contributed by atoms with van der Waals surface area (Å²) in [6.45, 7) is 0.784. The number of hydrogen-bond donors (Lipinski definition) is 2. The number of nitrogens with one attached hydrogen (secondary N) is 1. The third kappa shape index (κ3) is 4.83. The highest BCUT2D eigenvalue weighted by atomic mass is 19.4. The fraction of sp³-hybridized carbons (Fsp3) is 0.333. The molecule has 0 radical (unpaired) electrons. The number of hydrogen-bond acceptors (Lipinski definition) is 6. The highest BCUT2D eigenvalue weighted by Gasteiger charge is 2.31. The van der Waals surface area contributed by atoms with Gasteiger partial charge in [0.05, 0.1) is 11.3 Å². The number of fused-ring (bicyclic) bond motifs is 1. The first-order valence-corrected chi connectivity index (χ1v) is 10.1. The summed E-state index contributed by atoms with van der Waals surface area (Å²) in [5, 5.41) is 3.59. The summed E-state index contributed by atoms with van der Waals surface area (Å²) in [6, 6.07) is 6.85. The Morgan fingerprint density at radius 2 is 1.94 bits per heavy atom. The lowest BCUT2D eigenvalue weighted by molar-refractivity contribution is -0.274. The predicted molar refractivity (Wildman–Crippen MR) is 113 cm³/mol. The molecule has 1 atom stereocenters. The van der Waals surface area contributed by atoms with Crippen LogP contribution in [-0.4, -0.2) is 50.7 Å². The van der Waals surface area contributed by atoms with Crippen LogP contribution in [0, 0.1) is 5.92 Å². The summed E-state index contributed by atoms with van der Waals surface area (Å²) < 4.78 is 42.6. The third-order valence-corrected chi connectivity index (χ3v) is 5.50. The van der Waals surface area contributed by atoms with Crippen LogP contribution in [-0.2, 0) is 11.8 Å². The quantitative estimate of drug-likeness (QED) is 0.603. The van der Waals surface area contributed by atoms with Gasteiger partial charge in [-0.1, -0.05) is 0 Å². The number of nitrogens with two attached hydrogens (primary N) is 1. The number of nitrogens with zero attached hydrogens (tertiary/aromatic N) is 4. The molecule has 3 heterocycles. The van der Waals surface area contributed by atoms with Crippen molar-refractivity contribution in [3.63, 3.8) is 0 Å². The molecule has 1 saturated heterocycles. The topological polar surface area (TPSA) is 115 Å². The number of aryl methyl sites for hydroxylation is 1. The van der Waals surface area contributed by atoms with E-state index in [1.54, 1.807) is 22.6 Å². The van der Waals surface area contributed by atoms with E-state index >= 15 is 0 Å². The molecule has 3 aromatic rings. The van der Waals surface area contributed by atoms with E-state index in [4.69, 9.17) is 5.73 Å². The number of rotatable bonds is 5. The van der Waals surface area contributed by atoms with Crippen LogP contribution in [0.3, 0.4) is 0 Å². The van der Waals surface area contributed by atoms with Crippen molar-refractivity contribution in [3.8, 4) is 5.75 Å². The lowest BCUT2D eigenvalue weighted by Crippen LogP contribution is -2.44. The number of anilines is 2. The molecular formula is C21H21F3N6O3. The van der Waals surface area contributed by atoms with E-state index in [-0.39, 0.29) is 24.1 Å². The second-order valence-electron chi connectivity index (χ2n) is 7.74. The Bertz CT molecular complexity index is 1190. The molecule has 4 rings (SSSR count). The fourth-order valence-corrected chi connectivity index (χ4v) is 3.87. The number of ether oxygens (including phenoxy) is 1. The average Bonchev–Trinajstić information content (AvgIpc) is 3.11. The van der Waals surface area contributed by atoms with E-state index in [2.05, 4.69) is 20.0 Å². The summed E-state index contributed by atoms with van der Waals surface area (Å²) >= 11 is 0. The largest absolute Gasteiger partial charge is 0.573 e. The van der Waals surface area contributed by atoms with Gasteiger partial charge >= 0.3 is 6.36 Å². The number of amides is 2. The molecule has 33 heavy (non-hydrogen) atoms. The zero-order chi connectivity index (χ0) is 23.8. The number of benzene rings is 1. The molecule has 1 aliphatic rings. The van der Waals surface area contributed by atoms with Gasteiger partial charge in [-0.05, 0) is 43.2 Å². The van der Waals surface area contributed by atoms with Crippen LogP contribution >= 0.6 is 0 Å². The first-order valence-electron chi connectivity index (χ1n) is 10.1. The maximum atomic E-state index is 13.2. The van der Waals surface area contributed by atoms with Crippen LogP contribution in [0.25, 0.3) is 11.0 Å². The molecular weight excluding hydrogens is 441 g/mol. The molecule has 174 valence electrons. The Labute approximate surface area is 186 Å². The van der Waals surface area contributed by atoms with Gasteiger partial charge in [0, 0.05) is 25.8 Å². The van der Waals surface area contributed by atoms with Gasteiger partial charge in [-0.2, -0.15) is 0 Å². The third-order valence-electron chi connectivity index (χ3n) is 5.50. The number of carbonyl (C=O) groups is 2. The van der Waals surface area contributed by atoms with Crippen molar-refractivity contribution >= 4 is 34.4 Å². The predicted octanol–water partition coefficient (Wildman–Crippen LogP) is 2.95. The second kappa shape index (κ2) is 8.60. The molecule has 1 unspecified atom stereocenters. The number of piperidine rings is 1. The second-order valence-corrected chi connectivity index (χ2v) is 7.74. The first-order chi connectivity index (χ1) is 15.6. The zero-order valence-corrected chi connectivity index (χ0v) is 17.6. The number of alkyl halides is 3. The van der Waals surface area contributed by atoms with Crippen molar-refractivity contribution in [1.82, 2.24) is 19.4 Å². The van der Waals surface area contributed by atoms with Crippen LogP contribution in [0.15, 0.2) is 36.7 Å². The average molecular weight is 462 g/mol. The molecule has 1 aromatic carbocycles. The zero-order valence-electron chi connectivity index (χ0n) is 17.6. The Hall–Kier alpha value is -3.83. The van der Waals surface area contributed by atoms with Crippen molar-refractivity contribution in [1.29, 1.82) is 0 Å². The van der Waals surface area contributed by atoms with Crippen LogP contribution in [0.5, 0.6) is 5.75 Å². The smallest absolute Gasteiger partial charge is 0.406 e. The van der Waals surface area contributed by atoms with Crippen LogP contribution in [0.4, 0.5) is 24.7 Å². The number of aromatic nitrogens is 3. The normalized spacial score (nSPS) is 16.6. The van der Waals surface area contributed by atoms with Crippen LogP contribution < -0.4 is 15.8 Å². The molecule has 2 amide bonds. The van der Waals surface area contributed by atoms with Gasteiger partial charge in [0.2, 0.25) is 5.91 Å². The molecule has 1 fully saturated rings. The SMILES string of the molecule is Cn1c(C(=O)N2CCCC(C(N)=O)C2)cc2c(Nc3ccc(OC(F)(F)F)cc3)ncnc21. The van der Waals surface area contributed by atoms with Gasteiger partial charge in [-0.25, -0.2) is 9.97 Å².